The fourth-order valence-corrected chi connectivity index (χ4v) is 1.52. The Balaban J connectivity index is 2.07. The van der Waals surface area contributed by atoms with E-state index >= 15 is 0 Å². The zero-order valence-corrected chi connectivity index (χ0v) is 9.21. The molecule has 1 atom stereocenters. The van der Waals surface area contributed by atoms with Gasteiger partial charge in [-0.25, -0.2) is 0 Å². The summed E-state index contributed by atoms with van der Waals surface area (Å²) in [5, 5.41) is 3.39. The van der Waals surface area contributed by atoms with Gasteiger partial charge in [-0.1, -0.05) is 0 Å². The van der Waals surface area contributed by atoms with Crippen LogP contribution in [0.2, 0.25) is 0 Å². The second kappa shape index (κ2) is 5.66. The molecule has 0 saturated heterocycles. The minimum absolute atomic E-state index is 0.147. The molecular formula is C10H22N2O2. The van der Waals surface area contributed by atoms with E-state index in [-0.39, 0.29) is 6.10 Å². The predicted octanol–water partition coefficient (Wildman–Crippen LogP) is -0.0237. The third-order valence-corrected chi connectivity index (χ3v) is 2.95. The molecule has 4 nitrogen and oxygen atoms in total. The van der Waals surface area contributed by atoms with Gasteiger partial charge in [-0.2, -0.15) is 0 Å². The molecule has 1 unspecified atom stereocenters. The predicted molar refractivity (Wildman–Crippen MR) is 56.3 cm³/mol. The Bertz CT molecular complexity index is 160. The van der Waals surface area contributed by atoms with Gasteiger partial charge < -0.3 is 20.5 Å². The van der Waals surface area contributed by atoms with Crippen LogP contribution in [0.3, 0.4) is 0 Å². The van der Waals surface area contributed by atoms with Gasteiger partial charge in [0, 0.05) is 27.3 Å². The van der Waals surface area contributed by atoms with E-state index < -0.39 is 0 Å². The van der Waals surface area contributed by atoms with Gasteiger partial charge in [0.25, 0.3) is 0 Å². The SMILES string of the molecule is COCC(CNCC1(CN)CC1)OC. The average Bonchev–Trinajstić information content (AvgIpc) is 2.97. The topological polar surface area (TPSA) is 56.5 Å². The number of hydrogen-bond donors (Lipinski definition) is 2. The maximum atomic E-state index is 5.68. The summed E-state index contributed by atoms with van der Waals surface area (Å²) < 4.78 is 10.3. The molecule has 84 valence electrons. The molecule has 1 aliphatic carbocycles. The molecule has 0 spiro atoms. The maximum absolute atomic E-state index is 5.68. The summed E-state index contributed by atoms with van der Waals surface area (Å²) in [6.45, 7) is 3.28. The number of rotatable bonds is 8. The smallest absolute Gasteiger partial charge is 0.0928 e. The summed E-state index contributed by atoms with van der Waals surface area (Å²) in [5.74, 6) is 0. The normalized spacial score (nSPS) is 20.8. The van der Waals surface area contributed by atoms with Crippen molar-refractivity contribution in [2.75, 3.05) is 40.5 Å². The zero-order valence-electron chi connectivity index (χ0n) is 9.21. The number of methoxy groups -OCH3 is 2. The molecule has 1 rings (SSSR count). The summed E-state index contributed by atoms with van der Waals surface area (Å²) >= 11 is 0. The Morgan fingerprint density at radius 1 is 1.43 bits per heavy atom. The number of nitrogens with one attached hydrogen (secondary N) is 1. The lowest BCUT2D eigenvalue weighted by atomic mass is 10.1. The van der Waals surface area contributed by atoms with E-state index in [1.807, 2.05) is 0 Å². The van der Waals surface area contributed by atoms with Crippen molar-refractivity contribution in [3.05, 3.63) is 0 Å². The number of nitrogens with two attached hydrogens (primary N) is 1. The molecule has 4 heteroatoms. The quantitative estimate of drug-likeness (QED) is 0.580. The second-order valence-corrected chi connectivity index (χ2v) is 4.15. The molecule has 0 amide bonds. The van der Waals surface area contributed by atoms with E-state index in [4.69, 9.17) is 15.2 Å². The standard InChI is InChI=1S/C10H22N2O2/c1-13-6-9(14-2)5-12-8-10(7-11)3-4-10/h9,12H,3-8,11H2,1-2H3. The van der Waals surface area contributed by atoms with Gasteiger partial charge in [0.2, 0.25) is 0 Å². The van der Waals surface area contributed by atoms with Crippen LogP contribution < -0.4 is 11.1 Å². The molecule has 0 radical (unpaired) electrons. The highest BCUT2D eigenvalue weighted by Gasteiger charge is 2.40. The van der Waals surface area contributed by atoms with Crippen LogP contribution >= 0.6 is 0 Å². The van der Waals surface area contributed by atoms with Crippen LogP contribution in [0.1, 0.15) is 12.8 Å². The van der Waals surface area contributed by atoms with Gasteiger partial charge in [-0.15, -0.1) is 0 Å². The van der Waals surface area contributed by atoms with Gasteiger partial charge in [0.1, 0.15) is 0 Å². The molecule has 3 N–H and O–H groups in total. The Morgan fingerprint density at radius 3 is 2.57 bits per heavy atom. The Labute approximate surface area is 86.1 Å². The molecule has 14 heavy (non-hydrogen) atoms. The van der Waals surface area contributed by atoms with Crippen molar-refractivity contribution in [1.82, 2.24) is 5.32 Å². The third kappa shape index (κ3) is 3.53. The summed E-state index contributed by atoms with van der Waals surface area (Å²) in [6.07, 6.45) is 2.67. The lowest BCUT2D eigenvalue weighted by molar-refractivity contribution is 0.0284. The minimum Gasteiger partial charge on any atom is -0.382 e. The largest absolute Gasteiger partial charge is 0.382 e. The highest BCUT2D eigenvalue weighted by Crippen LogP contribution is 2.43. The monoisotopic (exact) mass is 202 g/mol. The summed E-state index contributed by atoms with van der Waals surface area (Å²) in [7, 11) is 3.40. The van der Waals surface area contributed by atoms with Crippen LogP contribution in [0.25, 0.3) is 0 Å². The molecule has 0 aromatic rings. The molecule has 0 bridgehead atoms. The first kappa shape index (κ1) is 11.9. The zero-order chi connectivity index (χ0) is 10.4. The van der Waals surface area contributed by atoms with Crippen molar-refractivity contribution in [2.45, 2.75) is 18.9 Å². The molecule has 1 aliphatic rings. The Morgan fingerprint density at radius 2 is 2.14 bits per heavy atom. The molecular weight excluding hydrogens is 180 g/mol. The van der Waals surface area contributed by atoms with Gasteiger partial charge >= 0.3 is 0 Å². The average molecular weight is 202 g/mol. The van der Waals surface area contributed by atoms with E-state index in [1.165, 1.54) is 12.8 Å². The van der Waals surface area contributed by atoms with Gasteiger partial charge in [-0.3, -0.25) is 0 Å². The molecule has 1 saturated carbocycles. The Kier molecular flexibility index (Phi) is 4.81. The van der Waals surface area contributed by atoms with Crippen molar-refractivity contribution >= 4 is 0 Å². The molecule has 0 aliphatic heterocycles. The highest BCUT2D eigenvalue weighted by molar-refractivity contribution is 4.95. The molecule has 1 fully saturated rings. The van der Waals surface area contributed by atoms with Crippen LogP contribution in [0.5, 0.6) is 0 Å². The van der Waals surface area contributed by atoms with Crippen LogP contribution in [0.4, 0.5) is 0 Å². The first-order chi connectivity index (χ1) is 6.76. The highest BCUT2D eigenvalue weighted by atomic mass is 16.5. The Hall–Kier alpha value is -0.160. The molecule has 0 heterocycles. The van der Waals surface area contributed by atoms with E-state index in [2.05, 4.69) is 5.32 Å². The number of ether oxygens (including phenoxy) is 2. The van der Waals surface area contributed by atoms with Crippen molar-refractivity contribution in [1.29, 1.82) is 0 Å². The number of hydrogen-bond acceptors (Lipinski definition) is 4. The van der Waals surface area contributed by atoms with Crippen molar-refractivity contribution < 1.29 is 9.47 Å². The summed E-state index contributed by atoms with van der Waals surface area (Å²) in [4.78, 5) is 0. The van der Waals surface area contributed by atoms with Gasteiger partial charge in [0.15, 0.2) is 0 Å². The molecule has 0 aromatic carbocycles. The van der Waals surface area contributed by atoms with Crippen LogP contribution in [-0.2, 0) is 9.47 Å². The van der Waals surface area contributed by atoms with E-state index in [0.717, 1.165) is 19.6 Å². The van der Waals surface area contributed by atoms with E-state index in [1.54, 1.807) is 14.2 Å². The second-order valence-electron chi connectivity index (χ2n) is 4.15. The first-order valence-corrected chi connectivity index (χ1v) is 5.19. The maximum Gasteiger partial charge on any atom is 0.0928 e. The van der Waals surface area contributed by atoms with Gasteiger partial charge in [-0.05, 0) is 24.8 Å². The minimum atomic E-state index is 0.147. The fraction of sp³-hybridized carbons (Fsp3) is 1.00. The fourth-order valence-electron chi connectivity index (χ4n) is 1.52. The lowest BCUT2D eigenvalue weighted by Crippen LogP contribution is -2.37. The van der Waals surface area contributed by atoms with E-state index in [9.17, 15) is 0 Å². The summed E-state index contributed by atoms with van der Waals surface area (Å²) in [6, 6.07) is 0. The first-order valence-electron chi connectivity index (χ1n) is 5.19. The lowest BCUT2D eigenvalue weighted by Gasteiger charge is -2.18. The van der Waals surface area contributed by atoms with Crippen LogP contribution in [0.15, 0.2) is 0 Å². The van der Waals surface area contributed by atoms with Crippen LogP contribution in [0, 0.1) is 5.41 Å². The van der Waals surface area contributed by atoms with E-state index in [0.29, 0.717) is 12.0 Å². The van der Waals surface area contributed by atoms with Crippen molar-refractivity contribution in [3.8, 4) is 0 Å². The van der Waals surface area contributed by atoms with Gasteiger partial charge in [0.05, 0.1) is 12.7 Å². The molecule has 0 aromatic heterocycles. The van der Waals surface area contributed by atoms with Crippen molar-refractivity contribution in [3.63, 3.8) is 0 Å². The summed E-state index contributed by atoms with van der Waals surface area (Å²) in [5.41, 5.74) is 6.08. The van der Waals surface area contributed by atoms with Crippen LogP contribution in [-0.4, -0.2) is 46.6 Å². The third-order valence-electron chi connectivity index (χ3n) is 2.95. The van der Waals surface area contributed by atoms with Crippen molar-refractivity contribution in [2.24, 2.45) is 11.1 Å².